The molecule has 1 saturated carbocycles. The molecule has 4 heteroatoms. The van der Waals surface area contributed by atoms with E-state index >= 15 is 0 Å². The van der Waals surface area contributed by atoms with Gasteiger partial charge in [0.25, 0.3) is 0 Å². The van der Waals surface area contributed by atoms with E-state index in [1.807, 2.05) is 53.4 Å². The summed E-state index contributed by atoms with van der Waals surface area (Å²) >= 11 is 0. The summed E-state index contributed by atoms with van der Waals surface area (Å²) in [4.78, 5) is 28.0. The molecular weight excluding hydrogens is 336 g/mol. The molecule has 1 heterocycles. The zero-order chi connectivity index (χ0) is 19.0. The molecule has 1 N–H and O–H groups in total. The van der Waals surface area contributed by atoms with Crippen LogP contribution in [0.4, 0.5) is 0 Å². The van der Waals surface area contributed by atoms with Crippen molar-refractivity contribution in [2.45, 2.75) is 44.8 Å². The lowest BCUT2D eigenvalue weighted by molar-refractivity contribution is -0.138. The smallest absolute Gasteiger partial charge is 0.244 e. The van der Waals surface area contributed by atoms with Crippen molar-refractivity contribution in [2.24, 2.45) is 11.8 Å². The van der Waals surface area contributed by atoms with Crippen molar-refractivity contribution in [3.05, 3.63) is 71.8 Å². The van der Waals surface area contributed by atoms with Gasteiger partial charge in [0.05, 0.1) is 0 Å². The number of amides is 2. The average molecular weight is 362 g/mol. The van der Waals surface area contributed by atoms with E-state index < -0.39 is 0 Å². The highest BCUT2D eigenvalue weighted by Crippen LogP contribution is 2.50. The molecular formula is C23H26N2O2. The van der Waals surface area contributed by atoms with E-state index in [1.54, 1.807) is 0 Å². The van der Waals surface area contributed by atoms with Crippen LogP contribution in [0.3, 0.4) is 0 Å². The fraction of sp³-hybridized carbons (Fsp3) is 0.391. The summed E-state index contributed by atoms with van der Waals surface area (Å²) in [5.41, 5.74) is 2.17. The minimum Gasteiger partial charge on any atom is -0.330 e. The van der Waals surface area contributed by atoms with Crippen LogP contribution in [-0.2, 0) is 9.59 Å². The van der Waals surface area contributed by atoms with E-state index in [0.717, 1.165) is 12.0 Å². The average Bonchev–Trinajstić information content (AvgIpc) is 3.42. The van der Waals surface area contributed by atoms with Crippen LogP contribution in [0.1, 0.15) is 49.9 Å². The zero-order valence-electron chi connectivity index (χ0n) is 15.8. The van der Waals surface area contributed by atoms with E-state index in [4.69, 9.17) is 0 Å². The van der Waals surface area contributed by atoms with Gasteiger partial charge in [-0.1, -0.05) is 74.5 Å². The summed E-state index contributed by atoms with van der Waals surface area (Å²) in [6.45, 7) is 4.19. The van der Waals surface area contributed by atoms with Gasteiger partial charge in [-0.25, -0.2) is 0 Å². The maximum Gasteiger partial charge on any atom is 0.244 e. The molecule has 140 valence electrons. The number of carbonyl (C=O) groups excluding carboxylic acids is 2. The summed E-state index contributed by atoms with van der Waals surface area (Å²) in [7, 11) is 0. The Hall–Kier alpha value is -2.62. The Kier molecular flexibility index (Phi) is 4.73. The van der Waals surface area contributed by atoms with Gasteiger partial charge in [0.2, 0.25) is 11.8 Å². The van der Waals surface area contributed by atoms with Gasteiger partial charge in [-0.3, -0.25) is 9.59 Å². The molecule has 2 aromatic carbocycles. The maximum atomic E-state index is 13.4. The van der Waals surface area contributed by atoms with Crippen molar-refractivity contribution in [3.63, 3.8) is 0 Å². The second kappa shape index (κ2) is 7.18. The Balaban J connectivity index is 1.61. The number of carbonyl (C=O) groups is 2. The van der Waals surface area contributed by atoms with Crippen LogP contribution in [-0.4, -0.2) is 22.8 Å². The lowest BCUT2D eigenvalue weighted by Crippen LogP contribution is -2.41. The van der Waals surface area contributed by atoms with Crippen molar-refractivity contribution in [1.82, 2.24) is 10.2 Å². The monoisotopic (exact) mass is 362 g/mol. The molecule has 4 rings (SSSR count). The van der Waals surface area contributed by atoms with E-state index in [1.165, 1.54) is 5.56 Å². The number of nitrogens with zero attached hydrogens (tertiary/aromatic N) is 1. The minimum absolute atomic E-state index is 0.0269. The fourth-order valence-corrected chi connectivity index (χ4v) is 4.16. The van der Waals surface area contributed by atoms with E-state index in [-0.39, 0.29) is 35.9 Å². The van der Waals surface area contributed by atoms with Gasteiger partial charge in [0.1, 0.15) is 12.2 Å². The lowest BCUT2D eigenvalue weighted by Gasteiger charge is -2.29. The van der Waals surface area contributed by atoms with Crippen molar-refractivity contribution >= 4 is 11.8 Å². The Morgan fingerprint density at radius 3 is 2.22 bits per heavy atom. The number of nitrogens with one attached hydrogen (secondary N) is 1. The number of rotatable bonds is 5. The second-order valence-corrected chi connectivity index (χ2v) is 8.07. The first-order valence-electron chi connectivity index (χ1n) is 9.78. The third-order valence-corrected chi connectivity index (χ3v) is 5.60. The van der Waals surface area contributed by atoms with Crippen molar-refractivity contribution in [1.29, 1.82) is 0 Å². The Bertz CT molecular complexity index is 819. The molecule has 1 saturated heterocycles. The Morgan fingerprint density at radius 1 is 1.04 bits per heavy atom. The Labute approximate surface area is 160 Å². The van der Waals surface area contributed by atoms with E-state index in [9.17, 15) is 9.59 Å². The molecule has 1 aliphatic heterocycles. The highest BCUT2D eigenvalue weighted by molar-refractivity contribution is 5.93. The van der Waals surface area contributed by atoms with Gasteiger partial charge in [0.15, 0.2) is 0 Å². The van der Waals surface area contributed by atoms with Gasteiger partial charge in [-0.15, -0.1) is 0 Å². The van der Waals surface area contributed by atoms with Crippen LogP contribution < -0.4 is 5.32 Å². The van der Waals surface area contributed by atoms with Crippen LogP contribution in [0.15, 0.2) is 60.7 Å². The first kappa shape index (κ1) is 17.8. The molecule has 0 bridgehead atoms. The molecule has 2 amide bonds. The standard InChI is InChI=1S/C23H26N2O2/c1-15(2)13-20-22(26)24-21(17-11-7-4-8-12-17)25(20)23(27)19-14-18(19)16-9-5-3-6-10-16/h3-12,15,18-21H,13-14H2,1-2H3,(H,24,26). The van der Waals surface area contributed by atoms with E-state index in [0.29, 0.717) is 12.3 Å². The largest absolute Gasteiger partial charge is 0.330 e. The molecule has 4 nitrogen and oxygen atoms in total. The van der Waals surface area contributed by atoms with Gasteiger partial charge in [0, 0.05) is 5.92 Å². The van der Waals surface area contributed by atoms with Crippen LogP contribution >= 0.6 is 0 Å². The normalized spacial score (nSPS) is 26.9. The van der Waals surface area contributed by atoms with Crippen molar-refractivity contribution < 1.29 is 9.59 Å². The summed E-state index contributed by atoms with van der Waals surface area (Å²) in [6.07, 6.45) is 1.18. The molecule has 2 fully saturated rings. The highest BCUT2D eigenvalue weighted by atomic mass is 16.2. The second-order valence-electron chi connectivity index (χ2n) is 8.07. The Morgan fingerprint density at radius 2 is 1.63 bits per heavy atom. The third kappa shape index (κ3) is 3.48. The molecule has 0 radical (unpaired) electrons. The topological polar surface area (TPSA) is 49.4 Å². The summed E-state index contributed by atoms with van der Waals surface area (Å²) in [5.74, 6) is 0.644. The minimum atomic E-state index is -0.389. The van der Waals surface area contributed by atoms with Crippen LogP contribution in [0.2, 0.25) is 0 Å². The quantitative estimate of drug-likeness (QED) is 0.878. The summed E-state index contributed by atoms with van der Waals surface area (Å²) in [6, 6.07) is 19.6. The third-order valence-electron chi connectivity index (χ3n) is 5.60. The molecule has 2 aromatic rings. The predicted molar refractivity (Wildman–Crippen MR) is 105 cm³/mol. The van der Waals surface area contributed by atoms with Gasteiger partial charge < -0.3 is 10.2 Å². The lowest BCUT2D eigenvalue weighted by atomic mass is 10.0. The fourth-order valence-electron chi connectivity index (χ4n) is 4.16. The molecule has 4 unspecified atom stereocenters. The molecule has 4 atom stereocenters. The number of benzene rings is 2. The van der Waals surface area contributed by atoms with E-state index in [2.05, 4.69) is 31.3 Å². The zero-order valence-corrected chi connectivity index (χ0v) is 15.8. The molecule has 0 spiro atoms. The first-order chi connectivity index (χ1) is 13.1. The SMILES string of the molecule is CC(C)CC1C(=O)NC(c2ccccc2)N1C(=O)C1CC1c1ccccc1. The molecule has 1 aliphatic carbocycles. The van der Waals surface area contributed by atoms with Gasteiger partial charge in [-0.05, 0) is 35.8 Å². The number of hydrogen-bond acceptors (Lipinski definition) is 2. The molecule has 0 aromatic heterocycles. The summed E-state index contributed by atoms with van der Waals surface area (Å²) < 4.78 is 0. The molecule has 2 aliphatic rings. The predicted octanol–water partition coefficient (Wildman–Crippen LogP) is 3.86. The highest BCUT2D eigenvalue weighted by Gasteiger charge is 2.52. The number of hydrogen-bond donors (Lipinski definition) is 1. The van der Waals surface area contributed by atoms with Crippen LogP contribution in [0, 0.1) is 11.8 Å². The van der Waals surface area contributed by atoms with Gasteiger partial charge in [-0.2, -0.15) is 0 Å². The van der Waals surface area contributed by atoms with Crippen LogP contribution in [0.5, 0.6) is 0 Å². The van der Waals surface area contributed by atoms with Crippen molar-refractivity contribution in [2.75, 3.05) is 0 Å². The van der Waals surface area contributed by atoms with Gasteiger partial charge >= 0.3 is 0 Å². The summed E-state index contributed by atoms with van der Waals surface area (Å²) in [5, 5.41) is 3.06. The first-order valence-corrected chi connectivity index (χ1v) is 9.78. The maximum absolute atomic E-state index is 13.4. The van der Waals surface area contributed by atoms with Crippen LogP contribution in [0.25, 0.3) is 0 Å². The molecule has 27 heavy (non-hydrogen) atoms. The van der Waals surface area contributed by atoms with Crippen molar-refractivity contribution in [3.8, 4) is 0 Å².